The summed E-state index contributed by atoms with van der Waals surface area (Å²) in [5.41, 5.74) is -0.390. The largest absolute Gasteiger partial charge is 0.468 e. The maximum atomic E-state index is 12.9. The third kappa shape index (κ3) is 3.19. The zero-order chi connectivity index (χ0) is 18.7. The second kappa shape index (κ2) is 7.42. The molecule has 7 nitrogen and oxygen atoms in total. The number of fused-ring (bicyclic) bond motifs is 1. The predicted octanol–water partition coefficient (Wildman–Crippen LogP) is 2.24. The van der Waals surface area contributed by atoms with E-state index in [1.165, 1.54) is 6.07 Å². The molecule has 0 aliphatic rings. The molecule has 0 saturated carbocycles. The van der Waals surface area contributed by atoms with Crippen LogP contribution in [0.1, 0.15) is 31.2 Å². The van der Waals surface area contributed by atoms with Crippen molar-refractivity contribution in [2.45, 2.75) is 26.4 Å². The average Bonchev–Trinajstić information content (AvgIpc) is 3.18. The summed E-state index contributed by atoms with van der Waals surface area (Å²) in [4.78, 5) is 29.4. The van der Waals surface area contributed by atoms with Crippen molar-refractivity contribution in [3.8, 4) is 6.07 Å². The van der Waals surface area contributed by atoms with Gasteiger partial charge in [0, 0.05) is 12.7 Å². The van der Waals surface area contributed by atoms with E-state index in [-0.39, 0.29) is 17.2 Å². The maximum absolute atomic E-state index is 12.9. The molecule has 0 spiro atoms. The molecule has 7 heteroatoms. The van der Waals surface area contributed by atoms with E-state index in [4.69, 9.17) is 9.68 Å². The van der Waals surface area contributed by atoms with Gasteiger partial charge in [-0.05, 0) is 37.4 Å². The number of H-pyrrole nitrogens is 1. The van der Waals surface area contributed by atoms with Crippen LogP contribution < -0.4 is 11.1 Å². The summed E-state index contributed by atoms with van der Waals surface area (Å²) in [6.07, 6.45) is 3.28. The van der Waals surface area contributed by atoms with Crippen molar-refractivity contribution in [2.24, 2.45) is 0 Å². The summed E-state index contributed by atoms with van der Waals surface area (Å²) in [6, 6.07) is 8.50. The molecule has 1 atom stereocenters. The minimum absolute atomic E-state index is 0.0707. The molecule has 0 aliphatic heterocycles. The highest BCUT2D eigenvalue weighted by molar-refractivity contribution is 5.78. The van der Waals surface area contributed by atoms with E-state index in [9.17, 15) is 9.59 Å². The SMILES string of the molecule is CCN(CC)C(Cn1ccc2[nH]c(=O)c(C#N)cc2c1=O)c1ccco1. The topological polar surface area (TPSA) is 95.0 Å². The van der Waals surface area contributed by atoms with Crippen LogP contribution in [-0.2, 0) is 6.54 Å². The van der Waals surface area contributed by atoms with Crippen LogP contribution in [0.3, 0.4) is 0 Å². The van der Waals surface area contributed by atoms with Gasteiger partial charge < -0.3 is 14.0 Å². The van der Waals surface area contributed by atoms with E-state index in [0.717, 1.165) is 18.8 Å². The lowest BCUT2D eigenvalue weighted by atomic mass is 10.1. The molecule has 134 valence electrons. The van der Waals surface area contributed by atoms with E-state index in [1.54, 1.807) is 23.1 Å². The number of likely N-dealkylation sites (N-methyl/N-ethyl adjacent to an activating group) is 1. The molecule has 0 aromatic carbocycles. The number of nitrogens with one attached hydrogen (secondary N) is 1. The maximum Gasteiger partial charge on any atom is 0.266 e. The summed E-state index contributed by atoms with van der Waals surface area (Å²) < 4.78 is 7.18. The van der Waals surface area contributed by atoms with Gasteiger partial charge >= 0.3 is 0 Å². The number of pyridine rings is 2. The van der Waals surface area contributed by atoms with Gasteiger partial charge in [-0.2, -0.15) is 5.26 Å². The Balaban J connectivity index is 2.08. The number of furan rings is 1. The fraction of sp³-hybridized carbons (Fsp3) is 0.316. The molecular formula is C19H20N4O3. The lowest BCUT2D eigenvalue weighted by Gasteiger charge is -2.28. The summed E-state index contributed by atoms with van der Waals surface area (Å²) >= 11 is 0. The minimum atomic E-state index is -0.492. The molecule has 3 aromatic heterocycles. The van der Waals surface area contributed by atoms with Crippen molar-refractivity contribution in [3.63, 3.8) is 0 Å². The quantitative estimate of drug-likeness (QED) is 0.734. The van der Waals surface area contributed by atoms with Crippen LogP contribution in [0.2, 0.25) is 0 Å². The first-order chi connectivity index (χ1) is 12.6. The second-order valence-electron chi connectivity index (χ2n) is 5.98. The summed E-state index contributed by atoms with van der Waals surface area (Å²) in [5, 5.41) is 9.37. The number of hydrogen-bond acceptors (Lipinski definition) is 5. The van der Waals surface area contributed by atoms with Crippen LogP contribution in [0, 0.1) is 11.3 Å². The van der Waals surface area contributed by atoms with Crippen LogP contribution >= 0.6 is 0 Å². The zero-order valence-corrected chi connectivity index (χ0v) is 14.7. The Morgan fingerprint density at radius 1 is 1.31 bits per heavy atom. The molecule has 1 N–H and O–H groups in total. The monoisotopic (exact) mass is 352 g/mol. The average molecular weight is 352 g/mol. The highest BCUT2D eigenvalue weighted by Gasteiger charge is 2.22. The molecule has 0 bridgehead atoms. The van der Waals surface area contributed by atoms with E-state index in [2.05, 4.69) is 23.7 Å². The van der Waals surface area contributed by atoms with E-state index in [0.29, 0.717) is 17.4 Å². The third-order valence-corrected chi connectivity index (χ3v) is 4.60. The fourth-order valence-corrected chi connectivity index (χ4v) is 3.18. The smallest absolute Gasteiger partial charge is 0.266 e. The first kappa shape index (κ1) is 17.7. The number of aromatic nitrogens is 2. The molecule has 3 heterocycles. The number of nitrogens with zero attached hydrogens (tertiary/aromatic N) is 3. The van der Waals surface area contributed by atoms with Crippen LogP contribution in [0.15, 0.2) is 50.7 Å². The Labute approximate surface area is 150 Å². The standard InChI is InChI=1S/C19H20N4O3/c1-3-22(4-2)16(17-6-5-9-26-17)12-23-8-7-15-14(19(23)25)10-13(11-20)18(24)21-15/h5-10,16H,3-4,12H2,1-2H3,(H,21,24). The van der Waals surface area contributed by atoms with Gasteiger partial charge in [-0.3, -0.25) is 14.5 Å². The lowest BCUT2D eigenvalue weighted by molar-refractivity contribution is 0.172. The van der Waals surface area contributed by atoms with Crippen molar-refractivity contribution >= 4 is 10.9 Å². The Hall–Kier alpha value is -3.11. The fourth-order valence-electron chi connectivity index (χ4n) is 3.18. The highest BCUT2D eigenvalue weighted by Crippen LogP contribution is 2.23. The van der Waals surface area contributed by atoms with Crippen LogP contribution in [0.25, 0.3) is 10.9 Å². The first-order valence-corrected chi connectivity index (χ1v) is 8.53. The Morgan fingerprint density at radius 2 is 2.08 bits per heavy atom. The van der Waals surface area contributed by atoms with Crippen LogP contribution in [0.5, 0.6) is 0 Å². The summed E-state index contributed by atoms with van der Waals surface area (Å²) in [5.74, 6) is 0.792. The number of rotatable bonds is 6. The van der Waals surface area contributed by atoms with E-state index < -0.39 is 5.56 Å². The predicted molar refractivity (Wildman–Crippen MR) is 97.9 cm³/mol. The number of nitriles is 1. The summed E-state index contributed by atoms with van der Waals surface area (Å²) in [6.45, 7) is 6.16. The van der Waals surface area contributed by atoms with Crippen molar-refractivity contribution < 1.29 is 4.42 Å². The van der Waals surface area contributed by atoms with Crippen LogP contribution in [0.4, 0.5) is 0 Å². The zero-order valence-electron chi connectivity index (χ0n) is 14.7. The molecule has 26 heavy (non-hydrogen) atoms. The molecule has 1 unspecified atom stereocenters. The van der Waals surface area contributed by atoms with Gasteiger partial charge in [-0.15, -0.1) is 0 Å². The number of aromatic amines is 1. The van der Waals surface area contributed by atoms with Gasteiger partial charge in [-0.1, -0.05) is 13.8 Å². The molecule has 3 aromatic rings. The second-order valence-corrected chi connectivity index (χ2v) is 5.98. The van der Waals surface area contributed by atoms with Crippen molar-refractivity contribution in [3.05, 3.63) is 68.8 Å². The van der Waals surface area contributed by atoms with Crippen molar-refractivity contribution in [1.29, 1.82) is 5.26 Å². The van der Waals surface area contributed by atoms with Gasteiger partial charge in [-0.25, -0.2) is 0 Å². The normalized spacial score (nSPS) is 12.4. The van der Waals surface area contributed by atoms with Gasteiger partial charge in [0.15, 0.2) is 0 Å². The molecule has 0 saturated heterocycles. The van der Waals surface area contributed by atoms with E-state index in [1.807, 2.05) is 18.2 Å². The molecule has 3 rings (SSSR count). The molecular weight excluding hydrogens is 332 g/mol. The first-order valence-electron chi connectivity index (χ1n) is 8.53. The third-order valence-electron chi connectivity index (χ3n) is 4.60. The van der Waals surface area contributed by atoms with Crippen molar-refractivity contribution in [1.82, 2.24) is 14.5 Å². The molecule has 0 amide bonds. The Bertz CT molecular complexity index is 1050. The van der Waals surface area contributed by atoms with Gasteiger partial charge in [0.25, 0.3) is 11.1 Å². The molecule has 0 aliphatic carbocycles. The molecule has 0 radical (unpaired) electrons. The van der Waals surface area contributed by atoms with Gasteiger partial charge in [0.05, 0.1) is 23.2 Å². The highest BCUT2D eigenvalue weighted by atomic mass is 16.3. The number of hydrogen-bond donors (Lipinski definition) is 1. The minimum Gasteiger partial charge on any atom is -0.468 e. The van der Waals surface area contributed by atoms with E-state index >= 15 is 0 Å². The van der Waals surface area contributed by atoms with Gasteiger partial charge in [0.2, 0.25) is 0 Å². The Morgan fingerprint density at radius 3 is 2.69 bits per heavy atom. The Kier molecular flexibility index (Phi) is 5.05. The molecule has 0 fully saturated rings. The lowest BCUT2D eigenvalue weighted by Crippen LogP contribution is -2.34. The van der Waals surface area contributed by atoms with Gasteiger partial charge in [0.1, 0.15) is 17.4 Å². The van der Waals surface area contributed by atoms with Crippen LogP contribution in [-0.4, -0.2) is 27.5 Å². The van der Waals surface area contributed by atoms with Crippen molar-refractivity contribution in [2.75, 3.05) is 13.1 Å². The summed E-state index contributed by atoms with van der Waals surface area (Å²) in [7, 11) is 0.